The first-order valence-electron chi connectivity index (χ1n) is 6.91. The van der Waals surface area contributed by atoms with E-state index in [2.05, 4.69) is 15.5 Å². The van der Waals surface area contributed by atoms with E-state index in [1.807, 2.05) is 18.4 Å². The number of rotatable bonds is 3. The van der Waals surface area contributed by atoms with Crippen molar-refractivity contribution in [3.8, 4) is 0 Å². The lowest BCUT2D eigenvalue weighted by Gasteiger charge is -2.14. The number of aryl methyl sites for hydroxylation is 3. The molecule has 0 fully saturated rings. The summed E-state index contributed by atoms with van der Waals surface area (Å²) in [4.78, 5) is 16.6. The number of hydrogen-bond donors (Lipinski definition) is 1. The normalized spacial score (nSPS) is 14.1. The first kappa shape index (κ1) is 12.9. The third kappa shape index (κ3) is 2.45. The fraction of sp³-hybridized carbons (Fsp3) is 0.500. The smallest absolute Gasteiger partial charge is 0.246 e. The standard InChI is InChI=1S/C14H18N4O2/c1-9-7-14(20-17-9)16-13(19)8-18-10(2)15-11-5-3-4-6-12(11)18/h7H,3-6,8H2,1-2H3,(H,16,19). The summed E-state index contributed by atoms with van der Waals surface area (Å²) in [5, 5.41) is 6.46. The largest absolute Gasteiger partial charge is 0.338 e. The van der Waals surface area contributed by atoms with Gasteiger partial charge in [0.2, 0.25) is 11.8 Å². The van der Waals surface area contributed by atoms with Gasteiger partial charge in [-0.15, -0.1) is 0 Å². The molecule has 1 amide bonds. The van der Waals surface area contributed by atoms with Crippen molar-refractivity contribution in [3.63, 3.8) is 0 Å². The van der Waals surface area contributed by atoms with Gasteiger partial charge in [-0.25, -0.2) is 4.98 Å². The molecule has 2 aromatic rings. The Morgan fingerprint density at radius 2 is 2.20 bits per heavy atom. The molecule has 0 saturated carbocycles. The molecule has 3 rings (SSSR count). The number of anilines is 1. The van der Waals surface area contributed by atoms with Crippen molar-refractivity contribution in [1.29, 1.82) is 0 Å². The number of hydrogen-bond acceptors (Lipinski definition) is 4. The van der Waals surface area contributed by atoms with E-state index in [0.717, 1.165) is 30.1 Å². The fourth-order valence-electron chi connectivity index (χ4n) is 2.69. The second kappa shape index (κ2) is 5.11. The average molecular weight is 274 g/mol. The van der Waals surface area contributed by atoms with E-state index in [1.165, 1.54) is 18.5 Å². The summed E-state index contributed by atoms with van der Waals surface area (Å²) in [6, 6.07) is 1.70. The van der Waals surface area contributed by atoms with Crippen molar-refractivity contribution in [2.75, 3.05) is 5.32 Å². The van der Waals surface area contributed by atoms with Crippen molar-refractivity contribution >= 4 is 11.8 Å². The first-order chi connectivity index (χ1) is 9.63. The lowest BCUT2D eigenvalue weighted by atomic mass is 10.0. The Morgan fingerprint density at radius 1 is 1.40 bits per heavy atom. The molecule has 0 radical (unpaired) electrons. The van der Waals surface area contributed by atoms with Crippen molar-refractivity contribution in [1.82, 2.24) is 14.7 Å². The Bertz CT molecular complexity index is 642. The van der Waals surface area contributed by atoms with Crippen LogP contribution in [0.4, 0.5) is 5.88 Å². The Hall–Kier alpha value is -2.11. The van der Waals surface area contributed by atoms with Gasteiger partial charge in [0, 0.05) is 11.8 Å². The zero-order valence-electron chi connectivity index (χ0n) is 11.8. The number of fused-ring (bicyclic) bond motifs is 1. The summed E-state index contributed by atoms with van der Waals surface area (Å²) in [6.45, 7) is 4.04. The van der Waals surface area contributed by atoms with E-state index in [4.69, 9.17) is 4.52 Å². The number of aromatic nitrogens is 3. The molecule has 2 heterocycles. The van der Waals surface area contributed by atoms with Gasteiger partial charge in [-0.1, -0.05) is 5.16 Å². The molecule has 2 aromatic heterocycles. The maximum atomic E-state index is 12.1. The number of nitrogens with zero attached hydrogens (tertiary/aromatic N) is 3. The summed E-state index contributed by atoms with van der Waals surface area (Å²) in [5.41, 5.74) is 3.10. The highest BCUT2D eigenvalue weighted by Gasteiger charge is 2.19. The Morgan fingerprint density at radius 3 is 2.95 bits per heavy atom. The number of amides is 1. The van der Waals surface area contributed by atoms with Gasteiger partial charge in [0.25, 0.3) is 0 Å². The van der Waals surface area contributed by atoms with Crippen LogP contribution in [-0.4, -0.2) is 20.6 Å². The number of imidazole rings is 1. The molecular formula is C14H18N4O2. The molecule has 0 aromatic carbocycles. The molecule has 0 unspecified atom stereocenters. The van der Waals surface area contributed by atoms with Gasteiger partial charge < -0.3 is 9.09 Å². The average Bonchev–Trinajstić information content (AvgIpc) is 2.94. The minimum Gasteiger partial charge on any atom is -0.338 e. The molecule has 20 heavy (non-hydrogen) atoms. The van der Waals surface area contributed by atoms with E-state index in [9.17, 15) is 4.79 Å². The molecule has 0 spiro atoms. The number of nitrogens with one attached hydrogen (secondary N) is 1. The molecule has 0 saturated heterocycles. The molecule has 0 bridgehead atoms. The van der Waals surface area contributed by atoms with E-state index in [1.54, 1.807) is 6.07 Å². The van der Waals surface area contributed by atoms with E-state index in [-0.39, 0.29) is 12.5 Å². The third-order valence-corrected chi connectivity index (χ3v) is 3.62. The topological polar surface area (TPSA) is 73.0 Å². The van der Waals surface area contributed by atoms with Gasteiger partial charge in [0.1, 0.15) is 12.4 Å². The van der Waals surface area contributed by atoms with Crippen LogP contribution in [0.25, 0.3) is 0 Å². The Kier molecular flexibility index (Phi) is 3.30. The first-order valence-corrected chi connectivity index (χ1v) is 6.91. The van der Waals surface area contributed by atoms with Crippen molar-refractivity contribution in [2.45, 2.75) is 46.1 Å². The summed E-state index contributed by atoms with van der Waals surface area (Å²) in [7, 11) is 0. The molecule has 6 heteroatoms. The second-order valence-electron chi connectivity index (χ2n) is 5.23. The molecule has 6 nitrogen and oxygen atoms in total. The van der Waals surface area contributed by atoms with Crippen LogP contribution in [0, 0.1) is 13.8 Å². The summed E-state index contributed by atoms with van der Waals surface area (Å²) < 4.78 is 7.00. The summed E-state index contributed by atoms with van der Waals surface area (Å²) in [5.74, 6) is 1.18. The highest BCUT2D eigenvalue weighted by atomic mass is 16.5. The lowest BCUT2D eigenvalue weighted by Crippen LogP contribution is -2.21. The molecular weight excluding hydrogens is 256 g/mol. The summed E-state index contributed by atoms with van der Waals surface area (Å²) in [6.07, 6.45) is 4.38. The summed E-state index contributed by atoms with van der Waals surface area (Å²) >= 11 is 0. The van der Waals surface area contributed by atoms with Gasteiger partial charge in [-0.05, 0) is 39.5 Å². The van der Waals surface area contributed by atoms with Crippen molar-refractivity contribution in [3.05, 3.63) is 29.0 Å². The molecule has 0 atom stereocenters. The predicted molar refractivity (Wildman–Crippen MR) is 73.5 cm³/mol. The zero-order valence-corrected chi connectivity index (χ0v) is 11.8. The van der Waals surface area contributed by atoms with Gasteiger partial charge in [0.15, 0.2) is 0 Å². The minimum atomic E-state index is -0.116. The minimum absolute atomic E-state index is 0.116. The zero-order chi connectivity index (χ0) is 14.1. The second-order valence-corrected chi connectivity index (χ2v) is 5.23. The van der Waals surface area contributed by atoms with Crippen molar-refractivity contribution < 1.29 is 9.32 Å². The van der Waals surface area contributed by atoms with Gasteiger partial charge in [-0.2, -0.15) is 0 Å². The van der Waals surface area contributed by atoms with Crippen LogP contribution in [0.2, 0.25) is 0 Å². The van der Waals surface area contributed by atoms with Crippen LogP contribution in [0.5, 0.6) is 0 Å². The number of carbonyl (C=O) groups is 1. The van der Waals surface area contributed by atoms with Gasteiger partial charge in [-0.3, -0.25) is 10.1 Å². The fourth-order valence-corrected chi connectivity index (χ4v) is 2.69. The van der Waals surface area contributed by atoms with Crippen LogP contribution >= 0.6 is 0 Å². The monoisotopic (exact) mass is 274 g/mol. The molecule has 1 N–H and O–H groups in total. The van der Waals surface area contributed by atoms with Gasteiger partial charge >= 0.3 is 0 Å². The van der Waals surface area contributed by atoms with Crippen LogP contribution < -0.4 is 5.32 Å². The van der Waals surface area contributed by atoms with Crippen LogP contribution in [-0.2, 0) is 24.2 Å². The molecule has 106 valence electrons. The van der Waals surface area contributed by atoms with Crippen LogP contribution in [0.1, 0.15) is 35.7 Å². The predicted octanol–water partition coefficient (Wildman–Crippen LogP) is 2.01. The van der Waals surface area contributed by atoms with E-state index < -0.39 is 0 Å². The molecule has 1 aliphatic carbocycles. The maximum absolute atomic E-state index is 12.1. The lowest BCUT2D eigenvalue weighted by molar-refractivity contribution is -0.116. The number of carbonyl (C=O) groups excluding carboxylic acids is 1. The highest BCUT2D eigenvalue weighted by molar-refractivity contribution is 5.89. The third-order valence-electron chi connectivity index (χ3n) is 3.62. The molecule has 0 aliphatic heterocycles. The Balaban J connectivity index is 1.74. The SMILES string of the molecule is Cc1cc(NC(=O)Cn2c(C)nc3c2CCCC3)on1. The highest BCUT2D eigenvalue weighted by Crippen LogP contribution is 2.22. The Labute approximate surface area is 117 Å². The van der Waals surface area contributed by atoms with E-state index in [0.29, 0.717) is 5.88 Å². The quantitative estimate of drug-likeness (QED) is 0.929. The van der Waals surface area contributed by atoms with Crippen LogP contribution in [0.15, 0.2) is 10.6 Å². The van der Waals surface area contributed by atoms with Crippen molar-refractivity contribution in [2.24, 2.45) is 0 Å². The van der Waals surface area contributed by atoms with Crippen LogP contribution in [0.3, 0.4) is 0 Å². The molecule has 1 aliphatic rings. The maximum Gasteiger partial charge on any atom is 0.246 e. The van der Waals surface area contributed by atoms with E-state index >= 15 is 0 Å². The van der Waals surface area contributed by atoms with Gasteiger partial charge in [0.05, 0.1) is 11.4 Å².